The minimum Gasteiger partial charge on any atom is -0.394 e. The van der Waals surface area contributed by atoms with Gasteiger partial charge in [-0.05, 0) is 44.5 Å². The van der Waals surface area contributed by atoms with E-state index in [0.29, 0.717) is 17.3 Å². The van der Waals surface area contributed by atoms with Crippen LogP contribution in [0.5, 0.6) is 0 Å². The normalized spacial score (nSPS) is 11.5. The SMILES string of the molecule is CCC(CO)Nc1nc(Nc2cccc(-c3ccccn3)c2)c2ncn(C(C)C)c2n1.Cl.Cl. The Balaban J connectivity index is 0.00000193. The Morgan fingerprint density at radius 2 is 1.85 bits per heavy atom. The fourth-order valence-electron chi connectivity index (χ4n) is 3.33. The summed E-state index contributed by atoms with van der Waals surface area (Å²) in [5.41, 5.74) is 4.22. The maximum Gasteiger partial charge on any atom is 0.227 e. The van der Waals surface area contributed by atoms with Crippen LogP contribution in [0.15, 0.2) is 55.0 Å². The second-order valence-corrected chi connectivity index (χ2v) is 7.67. The molecule has 0 amide bonds. The van der Waals surface area contributed by atoms with Gasteiger partial charge in [0, 0.05) is 23.5 Å². The van der Waals surface area contributed by atoms with E-state index in [1.165, 1.54) is 0 Å². The third kappa shape index (κ3) is 5.90. The molecule has 10 heteroatoms. The molecule has 8 nitrogen and oxygen atoms in total. The van der Waals surface area contributed by atoms with Crippen molar-refractivity contribution in [3.05, 3.63) is 55.0 Å². The lowest BCUT2D eigenvalue weighted by Crippen LogP contribution is -2.24. The summed E-state index contributed by atoms with van der Waals surface area (Å²) in [4.78, 5) is 18.3. The highest BCUT2D eigenvalue weighted by Gasteiger charge is 2.17. The lowest BCUT2D eigenvalue weighted by Gasteiger charge is -2.16. The van der Waals surface area contributed by atoms with E-state index in [1.54, 1.807) is 12.5 Å². The van der Waals surface area contributed by atoms with E-state index in [1.807, 2.05) is 54.0 Å². The molecule has 0 saturated heterocycles. The molecule has 1 unspecified atom stereocenters. The van der Waals surface area contributed by atoms with Crippen LogP contribution in [-0.2, 0) is 0 Å². The molecule has 0 aliphatic rings. The first-order valence-corrected chi connectivity index (χ1v) is 10.5. The van der Waals surface area contributed by atoms with Gasteiger partial charge >= 0.3 is 0 Å². The smallest absolute Gasteiger partial charge is 0.227 e. The van der Waals surface area contributed by atoms with Crippen LogP contribution in [0.25, 0.3) is 22.4 Å². The standard InChI is InChI=1S/C23H27N7O.2ClH/c1-4-17(13-31)27-23-28-21(20-22(29-23)30(14-25-20)15(2)3)26-18-9-7-8-16(12-18)19-10-5-6-11-24-19;;/h5-12,14-15,17,31H,4,13H2,1-3H3,(H2,26,27,28,29);2*1H. The van der Waals surface area contributed by atoms with Gasteiger partial charge in [0.2, 0.25) is 5.95 Å². The molecule has 1 aromatic carbocycles. The zero-order chi connectivity index (χ0) is 21.8. The lowest BCUT2D eigenvalue weighted by atomic mass is 10.1. The van der Waals surface area contributed by atoms with Crippen molar-refractivity contribution in [1.29, 1.82) is 0 Å². The summed E-state index contributed by atoms with van der Waals surface area (Å²) >= 11 is 0. The van der Waals surface area contributed by atoms with Gasteiger partial charge in [-0.1, -0.05) is 25.1 Å². The van der Waals surface area contributed by atoms with Crippen LogP contribution in [0.3, 0.4) is 0 Å². The summed E-state index contributed by atoms with van der Waals surface area (Å²) in [6.07, 6.45) is 4.33. The summed E-state index contributed by atoms with van der Waals surface area (Å²) in [7, 11) is 0. The van der Waals surface area contributed by atoms with Gasteiger partial charge in [0.15, 0.2) is 17.0 Å². The van der Waals surface area contributed by atoms with E-state index in [4.69, 9.17) is 0 Å². The average molecular weight is 490 g/mol. The summed E-state index contributed by atoms with van der Waals surface area (Å²) in [6, 6.07) is 14.0. The van der Waals surface area contributed by atoms with Crippen LogP contribution in [-0.4, -0.2) is 42.3 Å². The second kappa shape index (κ2) is 11.8. The third-order valence-electron chi connectivity index (χ3n) is 5.11. The van der Waals surface area contributed by atoms with Crippen molar-refractivity contribution in [1.82, 2.24) is 24.5 Å². The molecule has 1 atom stereocenters. The Bertz CT molecular complexity index is 1160. The highest BCUT2D eigenvalue weighted by Crippen LogP contribution is 2.28. The number of aromatic nitrogens is 5. The van der Waals surface area contributed by atoms with Crippen LogP contribution in [0.4, 0.5) is 17.5 Å². The third-order valence-corrected chi connectivity index (χ3v) is 5.11. The van der Waals surface area contributed by atoms with Gasteiger partial charge in [0.05, 0.1) is 24.7 Å². The van der Waals surface area contributed by atoms with Gasteiger partial charge in [-0.2, -0.15) is 9.97 Å². The zero-order valence-electron chi connectivity index (χ0n) is 18.8. The Morgan fingerprint density at radius 3 is 2.52 bits per heavy atom. The maximum atomic E-state index is 9.59. The number of nitrogens with zero attached hydrogens (tertiary/aromatic N) is 5. The molecular weight excluding hydrogens is 461 g/mol. The molecule has 3 N–H and O–H groups in total. The summed E-state index contributed by atoms with van der Waals surface area (Å²) in [5.74, 6) is 1.07. The lowest BCUT2D eigenvalue weighted by molar-refractivity contribution is 0.271. The van der Waals surface area contributed by atoms with E-state index in [0.717, 1.165) is 29.0 Å². The van der Waals surface area contributed by atoms with Crippen molar-refractivity contribution >= 4 is 53.4 Å². The number of pyridine rings is 1. The number of aliphatic hydroxyl groups is 1. The molecule has 0 saturated carbocycles. The fourth-order valence-corrected chi connectivity index (χ4v) is 3.33. The summed E-state index contributed by atoms with van der Waals surface area (Å²) < 4.78 is 2.01. The first-order valence-electron chi connectivity index (χ1n) is 10.5. The molecule has 4 aromatic rings. The number of imidazole rings is 1. The number of halogens is 2. The van der Waals surface area contributed by atoms with E-state index < -0.39 is 0 Å². The molecule has 4 rings (SSSR count). The fraction of sp³-hybridized carbons (Fsp3) is 0.304. The van der Waals surface area contributed by atoms with Crippen LogP contribution in [0.1, 0.15) is 33.2 Å². The van der Waals surface area contributed by atoms with Crippen LogP contribution in [0.2, 0.25) is 0 Å². The minimum atomic E-state index is -0.117. The van der Waals surface area contributed by atoms with Crippen LogP contribution < -0.4 is 10.6 Å². The van der Waals surface area contributed by atoms with Gasteiger partial charge in [-0.3, -0.25) is 4.98 Å². The van der Waals surface area contributed by atoms with Gasteiger partial charge in [0.25, 0.3) is 0 Å². The number of hydrogen-bond donors (Lipinski definition) is 3. The Labute approximate surface area is 205 Å². The number of nitrogens with one attached hydrogen (secondary N) is 2. The van der Waals surface area contributed by atoms with E-state index in [-0.39, 0.29) is 43.5 Å². The summed E-state index contributed by atoms with van der Waals surface area (Å²) in [6.45, 7) is 6.19. The topological polar surface area (TPSA) is 101 Å². The van der Waals surface area contributed by atoms with E-state index >= 15 is 0 Å². The predicted molar refractivity (Wildman–Crippen MR) is 138 cm³/mol. The van der Waals surface area contributed by atoms with E-state index in [2.05, 4.69) is 44.4 Å². The number of rotatable bonds is 8. The minimum absolute atomic E-state index is 0. The van der Waals surface area contributed by atoms with Crippen molar-refractivity contribution in [3.63, 3.8) is 0 Å². The molecule has 0 spiro atoms. The van der Waals surface area contributed by atoms with Crippen LogP contribution in [0, 0.1) is 0 Å². The first kappa shape index (κ1) is 26.3. The maximum absolute atomic E-state index is 9.59. The first-order chi connectivity index (χ1) is 15.1. The number of aliphatic hydroxyl groups excluding tert-OH is 1. The largest absolute Gasteiger partial charge is 0.394 e. The molecule has 3 aromatic heterocycles. The highest BCUT2D eigenvalue weighted by molar-refractivity contribution is 5.87. The molecule has 33 heavy (non-hydrogen) atoms. The number of anilines is 3. The molecule has 0 fully saturated rings. The van der Waals surface area contributed by atoms with Gasteiger partial charge in [-0.15, -0.1) is 24.8 Å². The molecule has 0 aliphatic carbocycles. The number of fused-ring (bicyclic) bond motifs is 1. The zero-order valence-corrected chi connectivity index (χ0v) is 20.4. The average Bonchev–Trinajstić information content (AvgIpc) is 3.23. The van der Waals surface area contributed by atoms with Crippen molar-refractivity contribution in [3.8, 4) is 11.3 Å². The van der Waals surface area contributed by atoms with E-state index in [9.17, 15) is 5.11 Å². The molecule has 0 bridgehead atoms. The quantitative estimate of drug-likeness (QED) is 0.311. The molecular formula is C23H29Cl2N7O. The molecule has 176 valence electrons. The molecule has 0 radical (unpaired) electrons. The second-order valence-electron chi connectivity index (χ2n) is 7.67. The van der Waals surface area contributed by atoms with Gasteiger partial charge < -0.3 is 20.3 Å². The highest BCUT2D eigenvalue weighted by atomic mass is 35.5. The molecule has 0 aliphatic heterocycles. The van der Waals surface area contributed by atoms with Crippen molar-refractivity contribution in [2.45, 2.75) is 39.3 Å². The Hall–Kier alpha value is -2.94. The van der Waals surface area contributed by atoms with Gasteiger partial charge in [-0.25, -0.2) is 4.98 Å². The number of benzene rings is 1. The van der Waals surface area contributed by atoms with Crippen molar-refractivity contribution in [2.75, 3.05) is 17.2 Å². The van der Waals surface area contributed by atoms with Crippen LogP contribution >= 0.6 is 24.8 Å². The Morgan fingerprint density at radius 1 is 1.03 bits per heavy atom. The monoisotopic (exact) mass is 489 g/mol. The Kier molecular flexibility index (Phi) is 9.40. The van der Waals surface area contributed by atoms with Crippen molar-refractivity contribution < 1.29 is 5.11 Å². The summed E-state index contributed by atoms with van der Waals surface area (Å²) in [5, 5.41) is 16.2. The number of hydrogen-bond acceptors (Lipinski definition) is 7. The predicted octanol–water partition coefficient (Wildman–Crippen LogP) is 5.24. The van der Waals surface area contributed by atoms with Crippen molar-refractivity contribution in [2.24, 2.45) is 0 Å². The van der Waals surface area contributed by atoms with Gasteiger partial charge in [0.1, 0.15) is 0 Å². The molecule has 3 heterocycles.